The zero-order valence-corrected chi connectivity index (χ0v) is 13.9. The van der Waals surface area contributed by atoms with Gasteiger partial charge in [0.1, 0.15) is 5.75 Å². The van der Waals surface area contributed by atoms with Crippen LogP contribution in [-0.2, 0) is 11.3 Å². The van der Waals surface area contributed by atoms with Crippen LogP contribution in [0.25, 0.3) is 11.0 Å². The van der Waals surface area contributed by atoms with Gasteiger partial charge in [-0.25, -0.2) is 4.79 Å². The van der Waals surface area contributed by atoms with Crippen molar-refractivity contribution >= 4 is 16.9 Å². The molecule has 0 bridgehead atoms. The predicted octanol–water partition coefficient (Wildman–Crippen LogP) is 2.30. The molecule has 0 radical (unpaired) electrons. The van der Waals surface area contributed by atoms with Crippen LogP contribution in [0.2, 0.25) is 0 Å². The molecular formula is C19H21N3O3. The van der Waals surface area contributed by atoms with Crippen molar-refractivity contribution in [1.82, 2.24) is 14.9 Å². The molecule has 6 heteroatoms. The molecule has 0 fully saturated rings. The van der Waals surface area contributed by atoms with Gasteiger partial charge in [0.15, 0.2) is 0 Å². The topological polar surface area (TPSA) is 76.1 Å². The van der Waals surface area contributed by atoms with Gasteiger partial charge in [-0.1, -0.05) is 30.3 Å². The van der Waals surface area contributed by atoms with E-state index >= 15 is 0 Å². The first-order valence-corrected chi connectivity index (χ1v) is 8.36. The Kier molecular flexibility index (Phi) is 5.51. The Labute approximate surface area is 145 Å². The SMILES string of the molecule is O=C(CCOc1ccccc1)NCCCn1c(=O)[nH]c2ccccc21. The van der Waals surface area contributed by atoms with E-state index in [0.717, 1.165) is 16.8 Å². The number of amides is 1. The lowest BCUT2D eigenvalue weighted by Crippen LogP contribution is -2.27. The summed E-state index contributed by atoms with van der Waals surface area (Å²) < 4.78 is 7.19. The molecule has 0 aliphatic heterocycles. The highest BCUT2D eigenvalue weighted by Gasteiger charge is 2.06. The third kappa shape index (κ3) is 4.50. The normalized spacial score (nSPS) is 10.7. The molecule has 0 unspecified atom stereocenters. The molecular weight excluding hydrogens is 318 g/mol. The first kappa shape index (κ1) is 16.8. The zero-order valence-electron chi connectivity index (χ0n) is 13.9. The van der Waals surface area contributed by atoms with Crippen LogP contribution in [0.4, 0.5) is 0 Å². The maximum Gasteiger partial charge on any atom is 0.326 e. The number of imidazole rings is 1. The fourth-order valence-corrected chi connectivity index (χ4v) is 2.66. The molecule has 0 saturated carbocycles. The number of carbonyl (C=O) groups is 1. The lowest BCUT2D eigenvalue weighted by atomic mass is 10.3. The zero-order chi connectivity index (χ0) is 17.5. The Balaban J connectivity index is 1.38. The molecule has 2 N–H and O–H groups in total. The van der Waals surface area contributed by atoms with Crippen LogP contribution in [0.3, 0.4) is 0 Å². The Bertz CT molecular complexity index is 884. The fraction of sp³-hybridized carbons (Fsp3) is 0.263. The van der Waals surface area contributed by atoms with Crippen LogP contribution in [0, 0.1) is 0 Å². The second-order valence-corrected chi connectivity index (χ2v) is 5.71. The smallest absolute Gasteiger partial charge is 0.326 e. The van der Waals surface area contributed by atoms with E-state index in [2.05, 4.69) is 10.3 Å². The van der Waals surface area contributed by atoms with Crippen LogP contribution in [-0.4, -0.2) is 28.6 Å². The third-order valence-electron chi connectivity index (χ3n) is 3.90. The van der Waals surface area contributed by atoms with Crippen molar-refractivity contribution in [3.8, 4) is 5.75 Å². The third-order valence-corrected chi connectivity index (χ3v) is 3.90. The minimum absolute atomic E-state index is 0.0535. The standard InChI is InChI=1S/C19H21N3O3/c23-18(11-14-25-15-7-2-1-3-8-15)20-12-6-13-22-17-10-5-4-9-16(17)21-19(22)24/h1-5,7-10H,6,11-14H2,(H,20,23)(H,21,24). The van der Waals surface area contributed by atoms with Gasteiger partial charge in [0, 0.05) is 13.1 Å². The van der Waals surface area contributed by atoms with Gasteiger partial charge in [-0.2, -0.15) is 0 Å². The highest BCUT2D eigenvalue weighted by Crippen LogP contribution is 2.09. The van der Waals surface area contributed by atoms with Crippen molar-refractivity contribution in [3.05, 3.63) is 65.1 Å². The molecule has 3 rings (SSSR count). The largest absolute Gasteiger partial charge is 0.493 e. The number of aromatic nitrogens is 2. The maximum absolute atomic E-state index is 11.9. The van der Waals surface area contributed by atoms with E-state index in [1.807, 2.05) is 54.6 Å². The Morgan fingerprint density at radius 1 is 1.08 bits per heavy atom. The van der Waals surface area contributed by atoms with Gasteiger partial charge in [0.2, 0.25) is 5.91 Å². The second-order valence-electron chi connectivity index (χ2n) is 5.71. The molecule has 130 valence electrons. The summed E-state index contributed by atoms with van der Waals surface area (Å²) >= 11 is 0. The quantitative estimate of drug-likeness (QED) is 0.618. The average molecular weight is 339 g/mol. The number of hydrogen-bond acceptors (Lipinski definition) is 3. The number of fused-ring (bicyclic) bond motifs is 1. The number of para-hydroxylation sites is 3. The van der Waals surface area contributed by atoms with Gasteiger partial charge in [-0.05, 0) is 30.7 Å². The van der Waals surface area contributed by atoms with E-state index in [-0.39, 0.29) is 11.6 Å². The van der Waals surface area contributed by atoms with E-state index < -0.39 is 0 Å². The Morgan fingerprint density at radius 3 is 2.68 bits per heavy atom. The summed E-state index contributed by atoms with van der Waals surface area (Å²) in [7, 11) is 0. The van der Waals surface area contributed by atoms with E-state index in [4.69, 9.17) is 4.74 Å². The molecule has 1 amide bonds. The maximum atomic E-state index is 11.9. The van der Waals surface area contributed by atoms with E-state index in [1.54, 1.807) is 4.57 Å². The van der Waals surface area contributed by atoms with Gasteiger partial charge >= 0.3 is 5.69 Å². The number of nitrogens with zero attached hydrogens (tertiary/aromatic N) is 1. The summed E-state index contributed by atoms with van der Waals surface area (Å²) in [4.78, 5) is 26.6. The van der Waals surface area contributed by atoms with E-state index in [9.17, 15) is 9.59 Å². The molecule has 0 aliphatic rings. The molecule has 0 atom stereocenters. The molecule has 6 nitrogen and oxygen atoms in total. The van der Waals surface area contributed by atoms with Crippen LogP contribution in [0.1, 0.15) is 12.8 Å². The number of hydrogen-bond donors (Lipinski definition) is 2. The number of carbonyl (C=O) groups excluding carboxylic acids is 1. The van der Waals surface area contributed by atoms with Crippen molar-refractivity contribution in [2.45, 2.75) is 19.4 Å². The molecule has 3 aromatic rings. The average Bonchev–Trinajstić information content (AvgIpc) is 2.95. The van der Waals surface area contributed by atoms with Crippen LogP contribution in [0.15, 0.2) is 59.4 Å². The molecule has 1 heterocycles. The molecule has 25 heavy (non-hydrogen) atoms. The van der Waals surface area contributed by atoms with Gasteiger partial charge in [-0.3, -0.25) is 9.36 Å². The van der Waals surface area contributed by atoms with Crippen molar-refractivity contribution in [3.63, 3.8) is 0 Å². The van der Waals surface area contributed by atoms with Crippen molar-refractivity contribution in [1.29, 1.82) is 0 Å². The molecule has 0 spiro atoms. The summed E-state index contributed by atoms with van der Waals surface area (Å²) in [5.41, 5.74) is 1.59. The second kappa shape index (κ2) is 8.19. The monoisotopic (exact) mass is 339 g/mol. The number of H-pyrrole nitrogens is 1. The lowest BCUT2D eigenvalue weighted by Gasteiger charge is -2.08. The summed E-state index contributed by atoms with van der Waals surface area (Å²) in [6.07, 6.45) is 0.995. The summed E-state index contributed by atoms with van der Waals surface area (Å²) in [6.45, 7) is 1.43. The van der Waals surface area contributed by atoms with Gasteiger partial charge in [0.05, 0.1) is 24.1 Å². The van der Waals surface area contributed by atoms with Crippen molar-refractivity contribution < 1.29 is 9.53 Å². The summed E-state index contributed by atoms with van der Waals surface area (Å²) in [5.74, 6) is 0.705. The van der Waals surface area contributed by atoms with Crippen molar-refractivity contribution in [2.24, 2.45) is 0 Å². The minimum Gasteiger partial charge on any atom is -0.493 e. The van der Waals surface area contributed by atoms with Crippen LogP contribution < -0.4 is 15.7 Å². The number of ether oxygens (including phenoxy) is 1. The van der Waals surface area contributed by atoms with E-state index in [0.29, 0.717) is 32.5 Å². The molecule has 0 aliphatic carbocycles. The lowest BCUT2D eigenvalue weighted by molar-refractivity contribution is -0.121. The van der Waals surface area contributed by atoms with Gasteiger partial charge in [-0.15, -0.1) is 0 Å². The highest BCUT2D eigenvalue weighted by atomic mass is 16.5. The number of aromatic amines is 1. The van der Waals surface area contributed by atoms with Crippen LogP contribution in [0.5, 0.6) is 5.75 Å². The highest BCUT2D eigenvalue weighted by molar-refractivity contribution is 5.76. The van der Waals surface area contributed by atoms with Crippen molar-refractivity contribution in [2.75, 3.05) is 13.2 Å². The van der Waals surface area contributed by atoms with Crippen LogP contribution >= 0.6 is 0 Å². The molecule has 0 saturated heterocycles. The Hall–Kier alpha value is -3.02. The number of rotatable bonds is 8. The summed E-state index contributed by atoms with van der Waals surface area (Å²) in [5, 5.41) is 2.85. The summed E-state index contributed by atoms with van der Waals surface area (Å²) in [6, 6.07) is 17.0. The number of aryl methyl sites for hydroxylation is 1. The molecule has 2 aromatic carbocycles. The van der Waals surface area contributed by atoms with Gasteiger partial charge < -0.3 is 15.0 Å². The number of benzene rings is 2. The Morgan fingerprint density at radius 2 is 1.84 bits per heavy atom. The first-order valence-electron chi connectivity index (χ1n) is 8.36. The minimum atomic E-state index is -0.121. The molecule has 1 aromatic heterocycles. The first-order chi connectivity index (χ1) is 12.2. The number of nitrogens with one attached hydrogen (secondary N) is 2. The predicted molar refractivity (Wildman–Crippen MR) is 96.7 cm³/mol. The fourth-order valence-electron chi connectivity index (χ4n) is 2.66. The van der Waals surface area contributed by atoms with E-state index in [1.165, 1.54) is 0 Å². The van der Waals surface area contributed by atoms with Gasteiger partial charge in [0.25, 0.3) is 0 Å².